The van der Waals surface area contributed by atoms with Gasteiger partial charge >= 0.3 is 5.97 Å². The molecule has 1 unspecified atom stereocenters. The summed E-state index contributed by atoms with van der Waals surface area (Å²) in [6.45, 7) is 4.49. The lowest BCUT2D eigenvalue weighted by atomic mass is 9.90. The number of hydrogen-bond donors (Lipinski definition) is 1. The minimum absolute atomic E-state index is 0.121. The molecule has 0 bridgehead atoms. The Morgan fingerprint density at radius 2 is 2.00 bits per heavy atom. The monoisotopic (exact) mass is 382 g/mol. The summed E-state index contributed by atoms with van der Waals surface area (Å²) in [5, 5.41) is 9.26. The number of aromatic nitrogens is 1. The number of nitrogens with zero attached hydrogens (tertiary/aromatic N) is 2. The van der Waals surface area contributed by atoms with Gasteiger partial charge in [0.05, 0.1) is 6.42 Å². The van der Waals surface area contributed by atoms with Crippen LogP contribution in [0.25, 0.3) is 0 Å². The number of likely N-dealkylation sites (tertiary alicyclic amines) is 1. The van der Waals surface area contributed by atoms with Gasteiger partial charge in [-0.1, -0.05) is 12.1 Å². The second-order valence-electron chi connectivity index (χ2n) is 7.70. The van der Waals surface area contributed by atoms with Crippen molar-refractivity contribution in [3.05, 3.63) is 59.9 Å². The third-order valence-corrected chi connectivity index (χ3v) is 5.10. The molecule has 28 heavy (non-hydrogen) atoms. The van der Waals surface area contributed by atoms with Crippen molar-refractivity contribution in [3.63, 3.8) is 0 Å². The van der Waals surface area contributed by atoms with Crippen molar-refractivity contribution >= 4 is 11.9 Å². The number of carbonyl (C=O) groups excluding carboxylic acids is 1. The Balaban J connectivity index is 1.68. The second kappa shape index (κ2) is 8.42. The highest BCUT2D eigenvalue weighted by Gasteiger charge is 2.30. The predicted molar refractivity (Wildman–Crippen MR) is 105 cm³/mol. The molecular weight excluding hydrogens is 356 g/mol. The summed E-state index contributed by atoms with van der Waals surface area (Å²) >= 11 is 0. The Morgan fingerprint density at radius 1 is 1.25 bits per heavy atom. The van der Waals surface area contributed by atoms with Gasteiger partial charge in [-0.15, -0.1) is 0 Å². The van der Waals surface area contributed by atoms with Crippen molar-refractivity contribution in [2.75, 3.05) is 13.1 Å². The normalized spacial score (nSPS) is 17.2. The van der Waals surface area contributed by atoms with Crippen LogP contribution in [0.2, 0.25) is 0 Å². The number of pyridine rings is 1. The van der Waals surface area contributed by atoms with Crippen molar-refractivity contribution < 1.29 is 19.4 Å². The fourth-order valence-electron chi connectivity index (χ4n) is 3.43. The third kappa shape index (κ3) is 4.88. The van der Waals surface area contributed by atoms with Gasteiger partial charge in [0.15, 0.2) is 5.60 Å². The molecule has 0 spiro atoms. The van der Waals surface area contributed by atoms with E-state index in [1.54, 1.807) is 18.5 Å². The van der Waals surface area contributed by atoms with Crippen molar-refractivity contribution in [3.8, 4) is 5.75 Å². The maximum Gasteiger partial charge on any atom is 0.347 e. The summed E-state index contributed by atoms with van der Waals surface area (Å²) in [5.41, 5.74) is 0.742. The topological polar surface area (TPSA) is 79.7 Å². The molecule has 1 aliphatic rings. The van der Waals surface area contributed by atoms with Crippen LogP contribution < -0.4 is 4.74 Å². The Kier molecular flexibility index (Phi) is 5.97. The van der Waals surface area contributed by atoms with Crippen molar-refractivity contribution in [2.24, 2.45) is 0 Å². The van der Waals surface area contributed by atoms with Gasteiger partial charge in [0.1, 0.15) is 5.75 Å². The van der Waals surface area contributed by atoms with Crippen molar-refractivity contribution in [2.45, 2.75) is 44.6 Å². The first-order chi connectivity index (χ1) is 13.3. The van der Waals surface area contributed by atoms with Gasteiger partial charge in [0.25, 0.3) is 0 Å². The van der Waals surface area contributed by atoms with Crippen molar-refractivity contribution in [1.29, 1.82) is 0 Å². The first-order valence-corrected chi connectivity index (χ1v) is 9.54. The average Bonchev–Trinajstić information content (AvgIpc) is 2.68. The molecule has 0 radical (unpaired) electrons. The fourth-order valence-corrected chi connectivity index (χ4v) is 3.43. The molecule has 1 aliphatic heterocycles. The van der Waals surface area contributed by atoms with Crippen LogP contribution in [0, 0.1) is 0 Å². The van der Waals surface area contributed by atoms with E-state index < -0.39 is 11.6 Å². The molecule has 1 aromatic heterocycles. The van der Waals surface area contributed by atoms with Gasteiger partial charge in [-0.05, 0) is 62.1 Å². The quantitative estimate of drug-likeness (QED) is 0.829. The van der Waals surface area contributed by atoms with E-state index >= 15 is 0 Å². The van der Waals surface area contributed by atoms with Crippen LogP contribution in [0.15, 0.2) is 48.8 Å². The van der Waals surface area contributed by atoms with Gasteiger partial charge in [0.2, 0.25) is 5.91 Å². The zero-order valence-corrected chi connectivity index (χ0v) is 16.3. The van der Waals surface area contributed by atoms with Crippen LogP contribution in [0.1, 0.15) is 43.7 Å². The van der Waals surface area contributed by atoms with E-state index in [2.05, 4.69) is 4.98 Å². The molecule has 1 fully saturated rings. The highest BCUT2D eigenvalue weighted by atomic mass is 16.5. The van der Waals surface area contributed by atoms with Gasteiger partial charge < -0.3 is 14.7 Å². The summed E-state index contributed by atoms with van der Waals surface area (Å²) in [6.07, 6.45) is 5.71. The van der Waals surface area contributed by atoms with E-state index in [1.165, 1.54) is 13.8 Å². The number of carbonyl (C=O) groups is 2. The van der Waals surface area contributed by atoms with Crippen LogP contribution in [0.3, 0.4) is 0 Å². The van der Waals surface area contributed by atoms with Crippen LogP contribution in [0.4, 0.5) is 0 Å². The largest absolute Gasteiger partial charge is 0.478 e. The summed E-state index contributed by atoms with van der Waals surface area (Å²) in [6, 6.07) is 11.3. The minimum atomic E-state index is -1.29. The zero-order chi connectivity index (χ0) is 20.1. The summed E-state index contributed by atoms with van der Waals surface area (Å²) < 4.78 is 5.66. The SMILES string of the molecule is CC(C)(Oc1cccc(C2CCCN(C(=O)Cc3ccncc3)C2)c1)C(=O)O. The number of carboxylic acid groups (broad SMARTS) is 1. The molecule has 6 heteroatoms. The highest BCUT2D eigenvalue weighted by Crippen LogP contribution is 2.30. The third-order valence-electron chi connectivity index (χ3n) is 5.10. The van der Waals surface area contributed by atoms with Gasteiger partial charge in [-0.3, -0.25) is 9.78 Å². The second-order valence-corrected chi connectivity index (χ2v) is 7.70. The molecule has 3 rings (SSSR count). The lowest BCUT2D eigenvalue weighted by molar-refractivity contribution is -0.152. The smallest absolute Gasteiger partial charge is 0.347 e. The fraction of sp³-hybridized carbons (Fsp3) is 0.409. The van der Waals surface area contributed by atoms with Crippen LogP contribution in [-0.2, 0) is 16.0 Å². The van der Waals surface area contributed by atoms with E-state index in [-0.39, 0.29) is 11.8 Å². The Bertz CT molecular complexity index is 835. The van der Waals surface area contributed by atoms with Crippen molar-refractivity contribution in [1.82, 2.24) is 9.88 Å². The molecule has 148 valence electrons. The number of rotatable bonds is 6. The van der Waals surface area contributed by atoms with E-state index in [0.717, 1.165) is 30.5 Å². The first kappa shape index (κ1) is 19.9. The predicted octanol–water partition coefficient (Wildman–Crippen LogP) is 3.27. The molecule has 6 nitrogen and oxygen atoms in total. The standard InChI is InChI=1S/C22H26N2O4/c1-22(2,21(26)27)28-19-7-3-5-17(14-19)18-6-4-12-24(15-18)20(25)13-16-8-10-23-11-9-16/h3,5,7-11,14,18H,4,6,12-13,15H2,1-2H3,(H,26,27). The maximum absolute atomic E-state index is 12.7. The highest BCUT2D eigenvalue weighted by molar-refractivity contribution is 5.79. The number of carboxylic acids is 1. The minimum Gasteiger partial charge on any atom is -0.478 e. The average molecular weight is 382 g/mol. The van der Waals surface area contributed by atoms with Gasteiger partial charge in [-0.25, -0.2) is 4.79 Å². The Morgan fingerprint density at radius 3 is 2.71 bits per heavy atom. The maximum atomic E-state index is 12.7. The number of piperidine rings is 1. The number of hydrogen-bond acceptors (Lipinski definition) is 4. The molecule has 1 N–H and O–H groups in total. The molecule has 1 aromatic carbocycles. The molecular formula is C22H26N2O4. The van der Waals surface area contributed by atoms with E-state index in [9.17, 15) is 14.7 Å². The lowest BCUT2D eigenvalue weighted by Gasteiger charge is -2.33. The van der Waals surface area contributed by atoms with E-state index in [4.69, 9.17) is 4.74 Å². The van der Waals surface area contributed by atoms with E-state index in [0.29, 0.717) is 18.7 Å². The Labute approximate surface area is 165 Å². The molecule has 2 heterocycles. The molecule has 1 atom stereocenters. The summed E-state index contributed by atoms with van der Waals surface area (Å²) in [5.74, 6) is -0.143. The number of ether oxygens (including phenoxy) is 1. The molecule has 1 saturated heterocycles. The lowest BCUT2D eigenvalue weighted by Crippen LogP contribution is -2.40. The molecule has 2 aromatic rings. The number of aliphatic carboxylic acids is 1. The molecule has 0 saturated carbocycles. The number of benzene rings is 1. The molecule has 1 amide bonds. The zero-order valence-electron chi connectivity index (χ0n) is 16.3. The summed E-state index contributed by atoms with van der Waals surface area (Å²) in [4.78, 5) is 29.9. The van der Waals surface area contributed by atoms with Gasteiger partial charge in [0, 0.05) is 31.4 Å². The number of amides is 1. The van der Waals surface area contributed by atoms with E-state index in [1.807, 2.05) is 35.2 Å². The van der Waals surface area contributed by atoms with Crippen LogP contribution in [-0.4, -0.2) is 45.6 Å². The Hall–Kier alpha value is -2.89. The molecule has 0 aliphatic carbocycles. The van der Waals surface area contributed by atoms with Gasteiger partial charge in [-0.2, -0.15) is 0 Å². The first-order valence-electron chi connectivity index (χ1n) is 9.54. The van der Waals surface area contributed by atoms with Crippen LogP contribution >= 0.6 is 0 Å². The summed E-state index contributed by atoms with van der Waals surface area (Å²) in [7, 11) is 0. The van der Waals surface area contributed by atoms with Crippen LogP contribution in [0.5, 0.6) is 5.75 Å².